The number of hydrogen-bond acceptors (Lipinski definition) is 5. The van der Waals surface area contributed by atoms with Gasteiger partial charge >= 0.3 is 12.1 Å². The molecule has 132 valence electrons. The fraction of sp³-hybridized carbons (Fsp3) is 0.471. The molecule has 7 nitrogen and oxygen atoms in total. The Bertz CT molecular complexity index is 566. The van der Waals surface area contributed by atoms with Crippen molar-refractivity contribution in [2.45, 2.75) is 45.8 Å². The Labute approximate surface area is 141 Å². The highest BCUT2D eigenvalue weighted by molar-refractivity contribution is 5.86. The Morgan fingerprint density at radius 3 is 2.29 bits per heavy atom. The summed E-state index contributed by atoms with van der Waals surface area (Å²) in [6, 6.07) is 8.40. The molecule has 1 unspecified atom stereocenters. The monoisotopic (exact) mass is 336 g/mol. The second-order valence-electron chi connectivity index (χ2n) is 6.21. The summed E-state index contributed by atoms with van der Waals surface area (Å²) < 4.78 is 9.87. The molecule has 0 aliphatic rings. The van der Waals surface area contributed by atoms with Crippen LogP contribution < -0.4 is 10.6 Å². The minimum Gasteiger partial charge on any atom is -0.445 e. The highest BCUT2D eigenvalue weighted by Gasteiger charge is 2.24. The summed E-state index contributed by atoms with van der Waals surface area (Å²) in [6.45, 7) is 6.20. The van der Waals surface area contributed by atoms with Crippen LogP contribution in [0.1, 0.15) is 33.3 Å². The van der Waals surface area contributed by atoms with Gasteiger partial charge in [0.2, 0.25) is 5.91 Å². The largest absolute Gasteiger partial charge is 0.445 e. The van der Waals surface area contributed by atoms with Gasteiger partial charge in [0.15, 0.2) is 6.73 Å². The molecular formula is C17H24N2O5. The lowest BCUT2D eigenvalue weighted by atomic mass is 10.1. The zero-order valence-electron chi connectivity index (χ0n) is 14.4. The highest BCUT2D eigenvalue weighted by Crippen LogP contribution is 2.08. The van der Waals surface area contributed by atoms with E-state index in [1.165, 1.54) is 6.92 Å². The lowest BCUT2D eigenvalue weighted by Crippen LogP contribution is -2.49. The maximum atomic E-state index is 12.3. The normalized spacial score (nSPS) is 12.0. The zero-order valence-corrected chi connectivity index (χ0v) is 14.4. The van der Waals surface area contributed by atoms with Crippen LogP contribution in [0.4, 0.5) is 4.79 Å². The quantitative estimate of drug-likeness (QED) is 0.610. The molecule has 1 aromatic rings. The number of hydrogen-bond donors (Lipinski definition) is 2. The molecule has 0 heterocycles. The average molecular weight is 336 g/mol. The summed E-state index contributed by atoms with van der Waals surface area (Å²) >= 11 is 0. The number of carbonyl (C=O) groups excluding carboxylic acids is 3. The molecule has 7 heteroatoms. The first-order valence-electron chi connectivity index (χ1n) is 7.62. The minimum atomic E-state index is -0.849. The summed E-state index contributed by atoms with van der Waals surface area (Å²) in [5.74, 6) is -0.971. The second-order valence-corrected chi connectivity index (χ2v) is 6.21. The number of carbonyl (C=O) groups is 3. The van der Waals surface area contributed by atoms with Crippen LogP contribution in [0.15, 0.2) is 30.3 Å². The molecule has 0 fully saturated rings. The smallest absolute Gasteiger partial charge is 0.408 e. The van der Waals surface area contributed by atoms with Crippen molar-refractivity contribution in [1.82, 2.24) is 10.6 Å². The third-order valence-electron chi connectivity index (χ3n) is 2.81. The van der Waals surface area contributed by atoms with Gasteiger partial charge in [-0.1, -0.05) is 30.3 Å². The van der Waals surface area contributed by atoms with Gasteiger partial charge in [0, 0.05) is 13.3 Å². The fourth-order valence-corrected chi connectivity index (χ4v) is 1.84. The number of ether oxygens (including phenoxy) is 2. The first kappa shape index (κ1) is 19.5. The van der Waals surface area contributed by atoms with Crippen LogP contribution in [0.2, 0.25) is 0 Å². The van der Waals surface area contributed by atoms with Crippen molar-refractivity contribution in [2.75, 3.05) is 6.73 Å². The van der Waals surface area contributed by atoms with Crippen molar-refractivity contribution in [3.05, 3.63) is 35.9 Å². The molecule has 24 heavy (non-hydrogen) atoms. The molecule has 1 atom stereocenters. The highest BCUT2D eigenvalue weighted by atomic mass is 16.6. The standard InChI is InChI=1S/C17H24N2O5/c1-12(20)23-11-18-15(21)14(10-13-8-6-5-7-9-13)19-16(22)24-17(2,3)4/h5-9,14H,10-11H2,1-4H3,(H,18,21)(H,19,22). The third kappa shape index (κ3) is 8.17. The van der Waals surface area contributed by atoms with E-state index in [9.17, 15) is 14.4 Å². The molecule has 0 aliphatic carbocycles. The van der Waals surface area contributed by atoms with Crippen molar-refractivity contribution in [1.29, 1.82) is 0 Å². The van der Waals surface area contributed by atoms with Gasteiger partial charge in [0.05, 0.1) is 0 Å². The molecule has 1 aromatic carbocycles. The Hall–Kier alpha value is -2.57. The number of nitrogens with one attached hydrogen (secondary N) is 2. The number of benzene rings is 1. The van der Waals surface area contributed by atoms with Crippen LogP contribution in [0.3, 0.4) is 0 Å². The summed E-state index contributed by atoms with van der Waals surface area (Å²) in [4.78, 5) is 35.0. The third-order valence-corrected chi connectivity index (χ3v) is 2.81. The van der Waals surface area contributed by atoms with Crippen LogP contribution >= 0.6 is 0 Å². The van der Waals surface area contributed by atoms with E-state index in [2.05, 4.69) is 15.4 Å². The van der Waals surface area contributed by atoms with Crippen LogP contribution in [-0.4, -0.2) is 36.3 Å². The first-order chi connectivity index (χ1) is 11.2. The molecule has 0 saturated carbocycles. The molecular weight excluding hydrogens is 312 g/mol. The predicted octanol–water partition coefficient (Wildman–Crippen LogP) is 1.76. The first-order valence-corrected chi connectivity index (χ1v) is 7.62. The van der Waals surface area contributed by atoms with E-state index >= 15 is 0 Å². The average Bonchev–Trinajstić information content (AvgIpc) is 2.45. The van der Waals surface area contributed by atoms with E-state index in [1.54, 1.807) is 20.8 Å². The molecule has 0 radical (unpaired) electrons. The Balaban J connectivity index is 2.73. The summed E-state index contributed by atoms with van der Waals surface area (Å²) in [5, 5.41) is 5.00. The number of esters is 1. The van der Waals surface area contributed by atoms with Crippen molar-refractivity contribution in [2.24, 2.45) is 0 Å². The Morgan fingerprint density at radius 1 is 1.12 bits per heavy atom. The SMILES string of the molecule is CC(=O)OCNC(=O)C(Cc1ccccc1)NC(=O)OC(C)(C)C. The van der Waals surface area contributed by atoms with E-state index in [1.807, 2.05) is 30.3 Å². The van der Waals surface area contributed by atoms with E-state index in [0.29, 0.717) is 0 Å². The number of amides is 2. The van der Waals surface area contributed by atoms with Gasteiger partial charge in [-0.3, -0.25) is 9.59 Å². The van der Waals surface area contributed by atoms with Crippen LogP contribution in [0.5, 0.6) is 0 Å². The molecule has 0 bridgehead atoms. The summed E-state index contributed by atoms with van der Waals surface area (Å²) in [7, 11) is 0. The van der Waals surface area contributed by atoms with Crippen molar-refractivity contribution < 1.29 is 23.9 Å². The van der Waals surface area contributed by atoms with Crippen LogP contribution in [0, 0.1) is 0 Å². The van der Waals surface area contributed by atoms with E-state index in [-0.39, 0.29) is 13.2 Å². The van der Waals surface area contributed by atoms with Crippen molar-refractivity contribution in [3.8, 4) is 0 Å². The van der Waals surface area contributed by atoms with E-state index in [4.69, 9.17) is 4.74 Å². The molecule has 2 amide bonds. The predicted molar refractivity (Wildman–Crippen MR) is 88.1 cm³/mol. The lowest BCUT2D eigenvalue weighted by molar-refractivity contribution is -0.143. The van der Waals surface area contributed by atoms with Crippen molar-refractivity contribution >= 4 is 18.0 Å². The molecule has 2 N–H and O–H groups in total. The topological polar surface area (TPSA) is 93.7 Å². The summed E-state index contributed by atoms with van der Waals surface area (Å²) in [6.07, 6.45) is -0.405. The maximum absolute atomic E-state index is 12.3. The van der Waals surface area contributed by atoms with Crippen molar-refractivity contribution in [3.63, 3.8) is 0 Å². The molecule has 0 saturated heterocycles. The summed E-state index contributed by atoms with van der Waals surface area (Å²) in [5.41, 5.74) is 0.205. The number of rotatable bonds is 6. The van der Waals surface area contributed by atoms with Gasteiger partial charge in [-0.05, 0) is 26.3 Å². The van der Waals surface area contributed by atoms with Gasteiger partial charge in [0.25, 0.3) is 0 Å². The van der Waals surface area contributed by atoms with Gasteiger partial charge in [-0.2, -0.15) is 0 Å². The zero-order chi connectivity index (χ0) is 18.2. The van der Waals surface area contributed by atoms with Gasteiger partial charge in [-0.25, -0.2) is 4.79 Å². The minimum absolute atomic E-state index is 0.255. The molecule has 0 aliphatic heterocycles. The Kier molecular flexibility index (Phi) is 7.23. The van der Waals surface area contributed by atoms with E-state index < -0.39 is 29.6 Å². The molecule has 1 rings (SSSR count). The van der Waals surface area contributed by atoms with Crippen LogP contribution in [-0.2, 0) is 25.5 Å². The van der Waals surface area contributed by atoms with Gasteiger partial charge < -0.3 is 20.1 Å². The van der Waals surface area contributed by atoms with Gasteiger partial charge in [-0.15, -0.1) is 0 Å². The lowest BCUT2D eigenvalue weighted by Gasteiger charge is -2.23. The van der Waals surface area contributed by atoms with E-state index in [0.717, 1.165) is 5.56 Å². The van der Waals surface area contributed by atoms with Crippen LogP contribution in [0.25, 0.3) is 0 Å². The van der Waals surface area contributed by atoms with Gasteiger partial charge in [0.1, 0.15) is 11.6 Å². The second kappa shape index (κ2) is 8.90. The fourth-order valence-electron chi connectivity index (χ4n) is 1.84. The molecule has 0 spiro atoms. The maximum Gasteiger partial charge on any atom is 0.408 e. The molecule has 0 aromatic heterocycles. The number of alkyl carbamates (subject to hydrolysis) is 1. The Morgan fingerprint density at radius 2 is 1.75 bits per heavy atom.